The van der Waals surface area contributed by atoms with Crippen molar-refractivity contribution in [3.8, 4) is 0 Å². The molecule has 6 nitrogen and oxygen atoms in total. The molecule has 0 bridgehead atoms. The van der Waals surface area contributed by atoms with Crippen LogP contribution in [0, 0.1) is 0 Å². The van der Waals surface area contributed by atoms with E-state index in [1.54, 1.807) is 16.7 Å². The Labute approximate surface area is 255 Å². The minimum absolute atomic E-state index is 0.0700. The van der Waals surface area contributed by atoms with Crippen molar-refractivity contribution >= 4 is 69.0 Å². The van der Waals surface area contributed by atoms with Crippen molar-refractivity contribution in [3.05, 3.63) is 102 Å². The van der Waals surface area contributed by atoms with Crippen LogP contribution in [0.2, 0.25) is 39.3 Å². The second kappa shape index (κ2) is 12.1. The van der Waals surface area contributed by atoms with Crippen LogP contribution in [0.4, 0.5) is 4.79 Å². The molecule has 220 valence electrons. The number of benzene rings is 3. The monoisotopic (exact) mass is 634 g/mol. The van der Waals surface area contributed by atoms with E-state index in [-0.39, 0.29) is 17.3 Å². The first-order valence-corrected chi connectivity index (χ1v) is 24.0. The van der Waals surface area contributed by atoms with E-state index >= 15 is 0 Å². The van der Waals surface area contributed by atoms with Crippen molar-refractivity contribution in [2.75, 3.05) is 5.75 Å². The van der Waals surface area contributed by atoms with E-state index in [1.165, 1.54) is 15.9 Å². The SMILES string of the molecule is C[Si](C)(C)NC1C(=O)N2C(OC(=O)O[Si](C)(C)C)=C(C=P(c3ccccc3)(c3ccccc3)c3ccccc3)CS[C@@H]12. The number of nitrogens with one attached hydrogen (secondary N) is 1. The Morgan fingerprint density at radius 2 is 1.33 bits per heavy atom. The predicted molar refractivity (Wildman–Crippen MR) is 183 cm³/mol. The average molecular weight is 635 g/mol. The van der Waals surface area contributed by atoms with Gasteiger partial charge in [0.2, 0.25) is 11.8 Å². The van der Waals surface area contributed by atoms with E-state index in [0.717, 1.165) is 5.57 Å². The van der Waals surface area contributed by atoms with Gasteiger partial charge in [0.15, 0.2) is 0 Å². The highest BCUT2D eigenvalue weighted by molar-refractivity contribution is 8.00. The van der Waals surface area contributed by atoms with E-state index in [2.05, 4.69) is 103 Å². The van der Waals surface area contributed by atoms with Crippen LogP contribution in [0.1, 0.15) is 0 Å². The van der Waals surface area contributed by atoms with Crippen molar-refractivity contribution in [2.45, 2.75) is 50.7 Å². The first kappa shape index (κ1) is 30.6. The molecular formula is C32H39N2O4PSSi2. The van der Waals surface area contributed by atoms with Crippen LogP contribution in [0.5, 0.6) is 0 Å². The highest BCUT2D eigenvalue weighted by atomic mass is 32.2. The molecule has 10 heteroatoms. The van der Waals surface area contributed by atoms with Gasteiger partial charge in [-0.2, -0.15) is 0 Å². The Bertz CT molecular complexity index is 1430. The van der Waals surface area contributed by atoms with Crippen LogP contribution in [-0.4, -0.2) is 56.5 Å². The van der Waals surface area contributed by atoms with Crippen LogP contribution in [-0.2, 0) is 14.0 Å². The van der Waals surface area contributed by atoms with E-state index < -0.39 is 29.6 Å². The number of hydrogen-bond donors (Lipinski definition) is 1. The third-order valence-corrected chi connectivity index (χ3v) is 14.2. The number of nitrogens with zero attached hydrogens (tertiary/aromatic N) is 1. The molecule has 0 aromatic heterocycles. The maximum atomic E-state index is 13.7. The molecule has 0 aliphatic carbocycles. The average Bonchev–Trinajstić information content (AvgIpc) is 2.95. The van der Waals surface area contributed by atoms with Crippen LogP contribution < -0.4 is 20.9 Å². The molecule has 1 N–H and O–H groups in total. The Morgan fingerprint density at radius 3 is 1.76 bits per heavy atom. The Hall–Kier alpha value is -2.82. The first-order chi connectivity index (χ1) is 19.9. The largest absolute Gasteiger partial charge is 0.501 e. The fraction of sp³-hybridized carbons (Fsp3) is 0.281. The standard InChI is InChI=1S/C32H39N2O4PSSi2/c1-41(2,3)33-28-29(35)34-30(37-32(36)38-42(4,5)6)24(23-40-31(28)34)22-39(25-16-10-7-11-17-25,26-18-12-8-13-19-26)27-20-14-9-15-21-27/h7-22,28,31,33H,23H2,1-6H3/t28?,31-/m0/s1. The topological polar surface area (TPSA) is 67.9 Å². The molecular weight excluding hydrogens is 596 g/mol. The summed E-state index contributed by atoms with van der Waals surface area (Å²) < 4.78 is 11.7. The van der Waals surface area contributed by atoms with Gasteiger partial charge < -0.3 is 14.1 Å². The smallest absolute Gasteiger partial charge is 0.489 e. The van der Waals surface area contributed by atoms with E-state index in [0.29, 0.717) is 11.6 Å². The van der Waals surface area contributed by atoms with Crippen molar-refractivity contribution in [1.82, 2.24) is 9.88 Å². The van der Waals surface area contributed by atoms with Gasteiger partial charge >= 0.3 is 6.16 Å². The van der Waals surface area contributed by atoms with Crippen molar-refractivity contribution in [3.63, 3.8) is 0 Å². The minimum Gasteiger partial charge on any atom is -0.489 e. The summed E-state index contributed by atoms with van der Waals surface area (Å²) in [4.78, 5) is 32.1. The van der Waals surface area contributed by atoms with Gasteiger partial charge in [-0.15, -0.1) is 11.8 Å². The van der Waals surface area contributed by atoms with Crippen LogP contribution in [0.3, 0.4) is 0 Å². The maximum Gasteiger partial charge on any atom is 0.501 e. The summed E-state index contributed by atoms with van der Waals surface area (Å²) in [6, 6.07) is 31.2. The number of rotatable bonds is 8. The van der Waals surface area contributed by atoms with Gasteiger partial charge in [-0.1, -0.05) is 111 Å². The first-order valence-electron chi connectivity index (χ1n) is 14.2. The van der Waals surface area contributed by atoms with Gasteiger partial charge in [-0.25, -0.2) is 4.79 Å². The number of hydrogen-bond acceptors (Lipinski definition) is 6. The third kappa shape index (κ3) is 6.40. The van der Waals surface area contributed by atoms with Crippen molar-refractivity contribution in [2.24, 2.45) is 0 Å². The number of carbonyl (C=O) groups excluding carboxylic acids is 2. The molecule has 2 atom stereocenters. The minimum atomic E-state index is -2.40. The fourth-order valence-corrected chi connectivity index (χ4v) is 12.5. The molecule has 2 heterocycles. The molecule has 2 aliphatic rings. The number of ether oxygens (including phenoxy) is 1. The second-order valence-electron chi connectivity index (χ2n) is 12.5. The van der Waals surface area contributed by atoms with E-state index in [4.69, 9.17) is 9.16 Å². The molecule has 1 amide bonds. The lowest BCUT2D eigenvalue weighted by molar-refractivity contribution is -0.145. The van der Waals surface area contributed by atoms with Gasteiger partial charge in [0.25, 0.3) is 8.32 Å². The number of thioether (sulfide) groups is 1. The van der Waals surface area contributed by atoms with Crippen molar-refractivity contribution < 1.29 is 18.8 Å². The molecule has 0 radical (unpaired) electrons. The van der Waals surface area contributed by atoms with Crippen LogP contribution >= 0.6 is 18.6 Å². The van der Waals surface area contributed by atoms with Crippen LogP contribution in [0.15, 0.2) is 102 Å². The molecule has 0 spiro atoms. The van der Waals surface area contributed by atoms with Gasteiger partial charge in [0.05, 0.1) is 0 Å². The Kier molecular flexibility index (Phi) is 8.79. The number of amides is 1. The molecule has 3 aromatic carbocycles. The summed E-state index contributed by atoms with van der Waals surface area (Å²) >= 11 is 1.71. The number of β-lactam (4-membered cyclic amide) rings is 1. The Balaban J connectivity index is 1.75. The summed E-state index contributed by atoms with van der Waals surface area (Å²) in [6.45, 7) is 9.98. The van der Waals surface area contributed by atoms with Gasteiger partial charge in [-0.05, 0) is 48.2 Å². The lowest BCUT2D eigenvalue weighted by atomic mass is 10.1. The quantitative estimate of drug-likeness (QED) is 0.149. The van der Waals surface area contributed by atoms with Gasteiger partial charge in [0, 0.05) is 11.3 Å². The number of carbonyl (C=O) groups is 2. The van der Waals surface area contributed by atoms with E-state index in [1.807, 2.05) is 37.8 Å². The molecule has 1 saturated heterocycles. The molecule has 5 rings (SSSR count). The molecule has 1 unspecified atom stereocenters. The Morgan fingerprint density at radius 1 is 0.857 bits per heavy atom. The third-order valence-electron chi connectivity index (χ3n) is 6.94. The molecule has 0 saturated carbocycles. The fourth-order valence-electron chi connectivity index (χ4n) is 5.29. The number of fused-ring (bicyclic) bond motifs is 1. The second-order valence-corrected chi connectivity index (χ2v) is 26.1. The molecule has 42 heavy (non-hydrogen) atoms. The predicted octanol–water partition coefficient (Wildman–Crippen LogP) is 5.69. The summed E-state index contributed by atoms with van der Waals surface area (Å²) in [5.74, 6) is 3.12. The molecule has 1 fully saturated rings. The summed E-state index contributed by atoms with van der Waals surface area (Å²) in [7, 11) is -3.97. The zero-order valence-corrected chi connectivity index (χ0v) is 28.7. The van der Waals surface area contributed by atoms with E-state index in [9.17, 15) is 9.59 Å². The zero-order chi connectivity index (χ0) is 30.1. The highest BCUT2D eigenvalue weighted by Gasteiger charge is 2.54. The highest BCUT2D eigenvalue weighted by Crippen LogP contribution is 2.48. The van der Waals surface area contributed by atoms with Gasteiger partial charge in [0.1, 0.15) is 19.7 Å². The normalized spacial score (nSPS) is 19.1. The molecule has 3 aromatic rings. The molecule has 2 aliphatic heterocycles. The zero-order valence-electron chi connectivity index (χ0n) is 25.0. The lowest BCUT2D eigenvalue weighted by Crippen LogP contribution is -2.72. The summed E-state index contributed by atoms with van der Waals surface area (Å²) in [5, 5.41) is 3.40. The lowest BCUT2D eigenvalue weighted by Gasteiger charge is -2.51. The van der Waals surface area contributed by atoms with Gasteiger partial charge in [-0.3, -0.25) is 9.69 Å². The summed E-state index contributed by atoms with van der Waals surface area (Å²) in [5.41, 5.74) is 0.827. The van der Waals surface area contributed by atoms with Crippen LogP contribution in [0.25, 0.3) is 0 Å². The van der Waals surface area contributed by atoms with Crippen molar-refractivity contribution in [1.29, 1.82) is 0 Å². The maximum absolute atomic E-state index is 13.7. The summed E-state index contributed by atoms with van der Waals surface area (Å²) in [6.07, 6.45) is -0.752.